The first-order valence-electron chi connectivity index (χ1n) is 14.0. The number of ether oxygens (including phenoxy) is 1. The molecule has 190 valence electrons. The summed E-state index contributed by atoms with van der Waals surface area (Å²) in [4.78, 5) is 0. The van der Waals surface area contributed by atoms with Crippen molar-refractivity contribution in [1.29, 1.82) is 0 Å². The molecular formula is C34H43NO. The highest BCUT2D eigenvalue weighted by Crippen LogP contribution is 2.41. The zero-order valence-corrected chi connectivity index (χ0v) is 22.7. The maximum absolute atomic E-state index is 6.30. The van der Waals surface area contributed by atoms with Gasteiger partial charge in [-0.05, 0) is 121 Å². The van der Waals surface area contributed by atoms with E-state index in [9.17, 15) is 0 Å². The van der Waals surface area contributed by atoms with Crippen LogP contribution < -0.4 is 10.5 Å². The van der Waals surface area contributed by atoms with Crippen LogP contribution in [0.4, 0.5) is 5.69 Å². The first kappa shape index (κ1) is 26.1. The molecule has 0 heterocycles. The summed E-state index contributed by atoms with van der Waals surface area (Å²) in [6.45, 7) is 8.94. The summed E-state index contributed by atoms with van der Waals surface area (Å²) in [6, 6.07) is 22.4. The standard InChI is InChI=1S/C34H43NO/c1-5-8-11-26-22-28(15-14-24(26)4)32-13-9-12-27-23-29(35)18-21-33(27)34(32)25-16-19-31(20-17-25)36-30(7-3)10-6-2/h14-23,30H,5-13,35H2,1-4H3. The normalized spacial score (nSPS) is 14.3. The summed E-state index contributed by atoms with van der Waals surface area (Å²) in [7, 11) is 0. The highest BCUT2D eigenvalue weighted by Gasteiger charge is 2.21. The van der Waals surface area contributed by atoms with Gasteiger partial charge in [0.05, 0.1) is 6.10 Å². The molecule has 0 spiro atoms. The van der Waals surface area contributed by atoms with E-state index < -0.39 is 0 Å². The molecule has 4 rings (SSSR count). The third-order valence-electron chi connectivity index (χ3n) is 7.58. The number of hydrogen-bond donors (Lipinski definition) is 1. The van der Waals surface area contributed by atoms with Gasteiger partial charge in [0.25, 0.3) is 0 Å². The van der Waals surface area contributed by atoms with Gasteiger partial charge in [0.1, 0.15) is 5.75 Å². The van der Waals surface area contributed by atoms with Crippen molar-refractivity contribution in [3.8, 4) is 5.75 Å². The van der Waals surface area contributed by atoms with E-state index in [1.165, 1.54) is 57.4 Å². The van der Waals surface area contributed by atoms with E-state index >= 15 is 0 Å². The lowest BCUT2D eigenvalue weighted by Crippen LogP contribution is -2.14. The Morgan fingerprint density at radius 1 is 0.861 bits per heavy atom. The van der Waals surface area contributed by atoms with E-state index in [0.717, 1.165) is 56.4 Å². The number of benzene rings is 3. The molecule has 3 aromatic carbocycles. The van der Waals surface area contributed by atoms with Gasteiger partial charge in [-0.1, -0.05) is 70.0 Å². The van der Waals surface area contributed by atoms with Crippen molar-refractivity contribution in [2.45, 2.75) is 91.6 Å². The van der Waals surface area contributed by atoms with Crippen LogP contribution in [0.2, 0.25) is 0 Å². The van der Waals surface area contributed by atoms with Crippen molar-refractivity contribution in [3.63, 3.8) is 0 Å². The average molecular weight is 482 g/mol. The second-order valence-corrected chi connectivity index (χ2v) is 10.3. The second kappa shape index (κ2) is 12.3. The van der Waals surface area contributed by atoms with Gasteiger partial charge in [-0.25, -0.2) is 0 Å². The molecule has 3 aromatic rings. The molecule has 2 nitrogen and oxygen atoms in total. The van der Waals surface area contributed by atoms with Crippen LogP contribution in [0.5, 0.6) is 5.75 Å². The Kier molecular flexibility index (Phi) is 8.91. The predicted octanol–water partition coefficient (Wildman–Crippen LogP) is 9.17. The Balaban J connectivity index is 1.82. The predicted molar refractivity (Wildman–Crippen MR) is 156 cm³/mol. The first-order chi connectivity index (χ1) is 17.5. The van der Waals surface area contributed by atoms with Gasteiger partial charge in [-0.15, -0.1) is 0 Å². The summed E-state index contributed by atoms with van der Waals surface area (Å²) in [6.07, 6.45) is 10.4. The van der Waals surface area contributed by atoms with Gasteiger partial charge in [-0.3, -0.25) is 0 Å². The van der Waals surface area contributed by atoms with Crippen LogP contribution in [0.3, 0.4) is 0 Å². The summed E-state index contributed by atoms with van der Waals surface area (Å²) in [5.74, 6) is 0.963. The van der Waals surface area contributed by atoms with Crippen LogP contribution >= 0.6 is 0 Å². The van der Waals surface area contributed by atoms with Crippen molar-refractivity contribution in [2.24, 2.45) is 0 Å². The first-order valence-corrected chi connectivity index (χ1v) is 14.0. The molecule has 2 heteroatoms. The minimum Gasteiger partial charge on any atom is -0.490 e. The number of rotatable bonds is 10. The zero-order chi connectivity index (χ0) is 25.5. The fourth-order valence-corrected chi connectivity index (χ4v) is 5.48. The van der Waals surface area contributed by atoms with E-state index in [1.54, 1.807) is 0 Å². The maximum Gasteiger partial charge on any atom is 0.119 e. The fraction of sp³-hybridized carbons (Fsp3) is 0.412. The van der Waals surface area contributed by atoms with Gasteiger partial charge >= 0.3 is 0 Å². The van der Waals surface area contributed by atoms with E-state index in [1.807, 2.05) is 0 Å². The Morgan fingerprint density at radius 3 is 2.36 bits per heavy atom. The average Bonchev–Trinajstić information content (AvgIpc) is 3.07. The fourth-order valence-electron chi connectivity index (χ4n) is 5.48. The minimum atomic E-state index is 0.284. The number of fused-ring (bicyclic) bond motifs is 1. The molecule has 1 aliphatic carbocycles. The summed E-state index contributed by atoms with van der Waals surface area (Å²) < 4.78 is 6.30. The molecule has 0 fully saturated rings. The number of hydrogen-bond acceptors (Lipinski definition) is 2. The van der Waals surface area contributed by atoms with Crippen molar-refractivity contribution < 1.29 is 4.74 Å². The molecule has 0 amide bonds. The molecule has 0 bridgehead atoms. The van der Waals surface area contributed by atoms with Gasteiger partial charge in [-0.2, -0.15) is 0 Å². The quantitative estimate of drug-likeness (QED) is 0.293. The van der Waals surface area contributed by atoms with Crippen LogP contribution in [0.15, 0.2) is 60.7 Å². The topological polar surface area (TPSA) is 35.2 Å². The van der Waals surface area contributed by atoms with Gasteiger partial charge in [0.2, 0.25) is 0 Å². The summed E-state index contributed by atoms with van der Waals surface area (Å²) in [5, 5.41) is 0. The largest absolute Gasteiger partial charge is 0.490 e. The zero-order valence-electron chi connectivity index (χ0n) is 22.7. The third kappa shape index (κ3) is 6.03. The Hall–Kier alpha value is -3.00. The van der Waals surface area contributed by atoms with E-state index in [-0.39, 0.29) is 6.10 Å². The Bertz CT molecular complexity index is 1190. The van der Waals surface area contributed by atoms with Gasteiger partial charge in [0, 0.05) is 5.69 Å². The highest BCUT2D eigenvalue weighted by molar-refractivity contribution is 6.00. The number of anilines is 1. The van der Waals surface area contributed by atoms with Crippen molar-refractivity contribution in [1.82, 2.24) is 0 Å². The molecule has 1 unspecified atom stereocenters. The molecule has 36 heavy (non-hydrogen) atoms. The Morgan fingerprint density at radius 2 is 1.64 bits per heavy atom. The van der Waals surface area contributed by atoms with E-state index in [4.69, 9.17) is 10.5 Å². The van der Waals surface area contributed by atoms with Gasteiger partial charge in [0.15, 0.2) is 0 Å². The molecule has 1 aliphatic rings. The molecule has 1 atom stereocenters. The van der Waals surface area contributed by atoms with Crippen molar-refractivity contribution >= 4 is 16.8 Å². The molecule has 0 saturated heterocycles. The van der Waals surface area contributed by atoms with Gasteiger partial charge < -0.3 is 10.5 Å². The molecule has 0 aliphatic heterocycles. The lowest BCUT2D eigenvalue weighted by molar-refractivity contribution is 0.186. The third-order valence-corrected chi connectivity index (χ3v) is 7.58. The van der Waals surface area contributed by atoms with Crippen LogP contribution in [0, 0.1) is 6.92 Å². The smallest absolute Gasteiger partial charge is 0.119 e. The summed E-state index contributed by atoms with van der Waals surface area (Å²) in [5.41, 5.74) is 18.0. The number of unbranched alkanes of at least 4 members (excludes halogenated alkanes) is 1. The SMILES string of the molecule is CCCCc1cc(C2=C(c3ccc(OC(CC)CCC)cc3)c3ccc(N)cc3CCC2)ccc1C. The highest BCUT2D eigenvalue weighted by atomic mass is 16.5. The monoisotopic (exact) mass is 481 g/mol. The van der Waals surface area contributed by atoms with Crippen molar-refractivity contribution in [2.75, 3.05) is 5.73 Å². The van der Waals surface area contributed by atoms with Crippen molar-refractivity contribution in [3.05, 3.63) is 94.0 Å². The molecule has 2 N–H and O–H groups in total. The molecule has 0 aromatic heterocycles. The van der Waals surface area contributed by atoms with Crippen LogP contribution in [-0.4, -0.2) is 6.10 Å². The van der Waals surface area contributed by atoms with E-state index in [0.29, 0.717) is 0 Å². The number of allylic oxidation sites excluding steroid dienone is 1. The molecule has 0 radical (unpaired) electrons. The molecule has 0 saturated carbocycles. The Labute approximate surface area is 218 Å². The number of aryl methyl sites for hydroxylation is 3. The second-order valence-electron chi connectivity index (χ2n) is 10.3. The number of nitrogen functional groups attached to an aromatic ring is 1. The summed E-state index contributed by atoms with van der Waals surface area (Å²) >= 11 is 0. The molecular weight excluding hydrogens is 438 g/mol. The maximum atomic E-state index is 6.30. The lowest BCUT2D eigenvalue weighted by Gasteiger charge is -2.20. The lowest BCUT2D eigenvalue weighted by atomic mass is 9.86. The minimum absolute atomic E-state index is 0.284. The van der Waals surface area contributed by atoms with Crippen LogP contribution in [0.25, 0.3) is 11.1 Å². The van der Waals surface area contributed by atoms with Crippen LogP contribution in [-0.2, 0) is 12.8 Å². The van der Waals surface area contributed by atoms with Crippen LogP contribution in [0.1, 0.15) is 99.1 Å². The number of nitrogens with two attached hydrogens (primary N) is 1. The van der Waals surface area contributed by atoms with E-state index in [2.05, 4.69) is 88.4 Å².